The number of allylic oxidation sites excluding steroid dienone is 1. The molecule has 0 fully saturated rings. The highest BCUT2D eigenvalue weighted by Gasteiger charge is 2.17. The summed E-state index contributed by atoms with van der Waals surface area (Å²) in [6.07, 6.45) is -0.102. The summed E-state index contributed by atoms with van der Waals surface area (Å²) < 4.78 is 28.4. The first-order valence-electron chi connectivity index (χ1n) is 4.15. The summed E-state index contributed by atoms with van der Waals surface area (Å²) in [7, 11) is 0. The van der Waals surface area contributed by atoms with Crippen LogP contribution in [0.15, 0.2) is 28.9 Å². The van der Waals surface area contributed by atoms with E-state index >= 15 is 0 Å². The lowest BCUT2D eigenvalue weighted by Crippen LogP contribution is -2.13. The fourth-order valence-corrected chi connectivity index (χ4v) is 0.869. The van der Waals surface area contributed by atoms with Gasteiger partial charge in [0.25, 0.3) is 6.43 Å². The van der Waals surface area contributed by atoms with Gasteiger partial charge >= 0.3 is 0 Å². The van der Waals surface area contributed by atoms with Crippen LogP contribution in [0.4, 0.5) is 8.78 Å². The Morgan fingerprint density at radius 3 is 2.73 bits per heavy atom. The molecule has 0 radical (unpaired) electrons. The van der Waals surface area contributed by atoms with Crippen LogP contribution < -0.4 is 0 Å². The number of alkyl halides is 2. The van der Waals surface area contributed by atoms with Crippen molar-refractivity contribution in [1.82, 2.24) is 0 Å². The summed E-state index contributed by atoms with van der Waals surface area (Å²) in [5.41, 5.74) is 0. The fourth-order valence-electron chi connectivity index (χ4n) is 0.869. The van der Waals surface area contributed by atoms with Crippen molar-refractivity contribution in [3.63, 3.8) is 0 Å². The number of Topliss-reactive ketones (excluding diaryl/α,β-unsaturated/α-hetero) is 1. The van der Waals surface area contributed by atoms with E-state index in [2.05, 4.69) is 0 Å². The Morgan fingerprint density at radius 2 is 2.20 bits per heavy atom. The van der Waals surface area contributed by atoms with Crippen LogP contribution >= 0.6 is 0 Å². The highest BCUT2D eigenvalue weighted by Crippen LogP contribution is 2.04. The highest BCUT2D eigenvalue weighted by molar-refractivity contribution is 6.06. The van der Waals surface area contributed by atoms with Gasteiger partial charge < -0.3 is 4.42 Å². The molecule has 0 spiro atoms. The summed E-state index contributed by atoms with van der Waals surface area (Å²) >= 11 is 0. The standard InChI is InChI=1S/C10H8F2O3/c11-10(12)9(14)6-7(13)3-4-8-2-1-5-15-8/h1-5,10H,6H2/b4-3+. The van der Waals surface area contributed by atoms with Crippen LogP contribution in [0, 0.1) is 0 Å². The van der Waals surface area contributed by atoms with E-state index in [1.807, 2.05) is 0 Å². The fraction of sp³-hybridized carbons (Fsp3) is 0.200. The zero-order chi connectivity index (χ0) is 11.3. The van der Waals surface area contributed by atoms with Crippen molar-refractivity contribution in [3.05, 3.63) is 30.2 Å². The molecule has 0 N–H and O–H groups in total. The maximum Gasteiger partial charge on any atom is 0.296 e. The van der Waals surface area contributed by atoms with Crippen molar-refractivity contribution >= 4 is 17.6 Å². The van der Waals surface area contributed by atoms with E-state index in [0.717, 1.165) is 6.08 Å². The van der Waals surface area contributed by atoms with Gasteiger partial charge in [0.05, 0.1) is 12.7 Å². The molecule has 1 aromatic heterocycles. The smallest absolute Gasteiger partial charge is 0.296 e. The van der Waals surface area contributed by atoms with Gasteiger partial charge in [0.15, 0.2) is 5.78 Å². The van der Waals surface area contributed by atoms with Crippen molar-refractivity contribution in [2.24, 2.45) is 0 Å². The lowest BCUT2D eigenvalue weighted by atomic mass is 10.2. The molecule has 80 valence electrons. The van der Waals surface area contributed by atoms with Gasteiger partial charge in [-0.15, -0.1) is 0 Å². The van der Waals surface area contributed by atoms with Crippen LogP contribution in [0.5, 0.6) is 0 Å². The first-order valence-corrected chi connectivity index (χ1v) is 4.15. The topological polar surface area (TPSA) is 47.3 Å². The number of hydrogen-bond acceptors (Lipinski definition) is 3. The summed E-state index contributed by atoms with van der Waals surface area (Å²) in [4.78, 5) is 21.5. The second-order valence-corrected chi connectivity index (χ2v) is 2.76. The van der Waals surface area contributed by atoms with Gasteiger partial charge in [0, 0.05) is 0 Å². The number of halogens is 2. The summed E-state index contributed by atoms with van der Waals surface area (Å²) in [5, 5.41) is 0. The first-order chi connectivity index (χ1) is 7.09. The number of carbonyl (C=O) groups is 2. The van der Waals surface area contributed by atoms with Crippen molar-refractivity contribution in [1.29, 1.82) is 0 Å². The summed E-state index contributed by atoms with van der Waals surface area (Å²) in [5.74, 6) is -1.62. The molecule has 0 aromatic carbocycles. The van der Waals surface area contributed by atoms with Gasteiger partial charge in [-0.1, -0.05) is 0 Å². The van der Waals surface area contributed by atoms with Gasteiger partial charge in [-0.25, -0.2) is 8.78 Å². The molecule has 0 aliphatic carbocycles. The lowest BCUT2D eigenvalue weighted by Gasteiger charge is -1.93. The predicted molar refractivity (Wildman–Crippen MR) is 48.4 cm³/mol. The monoisotopic (exact) mass is 214 g/mol. The molecule has 0 aliphatic rings. The zero-order valence-corrected chi connectivity index (χ0v) is 7.65. The third-order valence-corrected chi connectivity index (χ3v) is 1.57. The summed E-state index contributed by atoms with van der Waals surface area (Å²) in [6, 6.07) is 3.22. The van der Waals surface area contributed by atoms with E-state index in [0.29, 0.717) is 5.76 Å². The van der Waals surface area contributed by atoms with Crippen LogP contribution in [-0.2, 0) is 9.59 Å². The summed E-state index contributed by atoms with van der Waals surface area (Å²) in [6.45, 7) is 0. The van der Waals surface area contributed by atoms with Gasteiger partial charge in [0.2, 0.25) is 5.78 Å². The van der Waals surface area contributed by atoms with E-state index in [1.54, 1.807) is 12.1 Å². The Hall–Kier alpha value is -1.78. The predicted octanol–water partition coefficient (Wildman–Crippen LogP) is 2.09. The minimum Gasteiger partial charge on any atom is -0.465 e. The number of rotatable bonds is 5. The zero-order valence-electron chi connectivity index (χ0n) is 7.65. The van der Waals surface area contributed by atoms with E-state index < -0.39 is 24.4 Å². The molecule has 15 heavy (non-hydrogen) atoms. The van der Waals surface area contributed by atoms with Crippen LogP contribution in [-0.4, -0.2) is 18.0 Å². The van der Waals surface area contributed by atoms with Gasteiger partial charge in [0.1, 0.15) is 5.76 Å². The number of hydrogen-bond donors (Lipinski definition) is 0. The Morgan fingerprint density at radius 1 is 1.47 bits per heavy atom. The minimum atomic E-state index is -3.09. The lowest BCUT2D eigenvalue weighted by molar-refractivity contribution is -0.132. The third kappa shape index (κ3) is 3.84. The Bertz CT molecular complexity index is 366. The molecule has 0 aliphatic heterocycles. The second-order valence-electron chi connectivity index (χ2n) is 2.76. The molecule has 0 saturated heterocycles. The van der Waals surface area contributed by atoms with E-state index in [1.165, 1.54) is 12.3 Å². The largest absolute Gasteiger partial charge is 0.465 e. The molecule has 0 atom stereocenters. The molecular weight excluding hydrogens is 206 g/mol. The Balaban J connectivity index is 2.46. The molecule has 0 amide bonds. The molecular formula is C10H8F2O3. The average Bonchev–Trinajstić information content (AvgIpc) is 2.66. The van der Waals surface area contributed by atoms with Crippen molar-refractivity contribution in [3.8, 4) is 0 Å². The second kappa shape index (κ2) is 5.19. The molecule has 1 rings (SSSR count). The van der Waals surface area contributed by atoms with Gasteiger partial charge in [-0.3, -0.25) is 9.59 Å². The molecule has 0 saturated carbocycles. The van der Waals surface area contributed by atoms with Gasteiger partial charge in [-0.05, 0) is 24.3 Å². The number of furan rings is 1. The molecule has 0 bridgehead atoms. The Kier molecular flexibility index (Phi) is 3.91. The maximum atomic E-state index is 11.8. The van der Waals surface area contributed by atoms with Crippen LogP contribution in [0.2, 0.25) is 0 Å². The van der Waals surface area contributed by atoms with E-state index in [4.69, 9.17) is 4.42 Å². The quantitative estimate of drug-likeness (QED) is 0.557. The highest BCUT2D eigenvalue weighted by atomic mass is 19.3. The van der Waals surface area contributed by atoms with Crippen molar-refractivity contribution < 1.29 is 22.8 Å². The van der Waals surface area contributed by atoms with Crippen LogP contribution in [0.25, 0.3) is 6.08 Å². The van der Waals surface area contributed by atoms with E-state index in [-0.39, 0.29) is 0 Å². The first kappa shape index (κ1) is 11.3. The Labute approximate surface area is 84.4 Å². The molecule has 0 unspecified atom stereocenters. The molecule has 5 heteroatoms. The van der Waals surface area contributed by atoms with Crippen molar-refractivity contribution in [2.45, 2.75) is 12.8 Å². The number of ketones is 2. The third-order valence-electron chi connectivity index (χ3n) is 1.57. The maximum absolute atomic E-state index is 11.8. The van der Waals surface area contributed by atoms with E-state index in [9.17, 15) is 18.4 Å². The van der Waals surface area contributed by atoms with Crippen molar-refractivity contribution in [2.75, 3.05) is 0 Å². The molecule has 1 aromatic rings. The average molecular weight is 214 g/mol. The normalized spacial score (nSPS) is 11.1. The molecule has 1 heterocycles. The van der Waals surface area contributed by atoms with Crippen LogP contribution in [0.3, 0.4) is 0 Å². The minimum absolute atomic E-state index is 0.424. The SMILES string of the molecule is O=C(/C=C/c1ccco1)CC(=O)C(F)F. The van der Waals surface area contributed by atoms with Crippen LogP contribution in [0.1, 0.15) is 12.2 Å². The molecule has 3 nitrogen and oxygen atoms in total. The van der Waals surface area contributed by atoms with Gasteiger partial charge in [-0.2, -0.15) is 0 Å². The number of carbonyl (C=O) groups excluding carboxylic acids is 2.